The molecule has 2 unspecified atom stereocenters. The summed E-state index contributed by atoms with van der Waals surface area (Å²) in [4.78, 5) is 17.1. The SMILES string of the molecule is CN=C(NC(=O)OC(c1ccccc1)C1CC1)C(C=N)c1ccc(-c2ccc(C3(C(O)O)CC3)cc2)cc1. The molecule has 2 fully saturated rings. The molecule has 0 spiro atoms. The minimum Gasteiger partial charge on any atom is -0.441 e. The van der Waals surface area contributed by atoms with Crippen LogP contribution in [-0.4, -0.2) is 41.7 Å². The van der Waals surface area contributed by atoms with Crippen molar-refractivity contribution in [1.29, 1.82) is 5.41 Å². The van der Waals surface area contributed by atoms with E-state index in [9.17, 15) is 15.0 Å². The van der Waals surface area contributed by atoms with Crippen LogP contribution in [0.3, 0.4) is 0 Å². The number of amides is 1. The van der Waals surface area contributed by atoms with Crippen LogP contribution in [0.5, 0.6) is 0 Å². The van der Waals surface area contributed by atoms with E-state index >= 15 is 0 Å². The highest BCUT2D eigenvalue weighted by Crippen LogP contribution is 2.50. The maximum Gasteiger partial charge on any atom is 0.413 e. The van der Waals surface area contributed by atoms with E-state index in [0.717, 1.165) is 53.5 Å². The molecule has 7 nitrogen and oxygen atoms in total. The van der Waals surface area contributed by atoms with E-state index in [2.05, 4.69) is 10.3 Å². The number of carbonyl (C=O) groups excluding carboxylic acids is 1. The third-order valence-corrected chi connectivity index (χ3v) is 7.69. The first-order valence-electron chi connectivity index (χ1n) is 13.0. The van der Waals surface area contributed by atoms with Gasteiger partial charge in [-0.25, -0.2) is 4.79 Å². The molecule has 0 bridgehead atoms. The van der Waals surface area contributed by atoms with Crippen molar-refractivity contribution < 1.29 is 19.7 Å². The predicted octanol–water partition coefficient (Wildman–Crippen LogP) is 5.33. The molecule has 0 aromatic heterocycles. The second-order valence-corrected chi connectivity index (χ2v) is 10.2. The Bertz CT molecular complexity index is 1300. The third kappa shape index (κ3) is 5.39. The van der Waals surface area contributed by atoms with Crippen molar-refractivity contribution in [3.63, 3.8) is 0 Å². The first-order valence-corrected chi connectivity index (χ1v) is 13.0. The summed E-state index contributed by atoms with van der Waals surface area (Å²) in [6.07, 6.45) is 2.67. The molecule has 196 valence electrons. The number of ether oxygens (including phenoxy) is 1. The van der Waals surface area contributed by atoms with Gasteiger partial charge in [0.2, 0.25) is 0 Å². The van der Waals surface area contributed by atoms with Gasteiger partial charge in [0.05, 0.1) is 5.92 Å². The second-order valence-electron chi connectivity index (χ2n) is 10.2. The summed E-state index contributed by atoms with van der Waals surface area (Å²) >= 11 is 0. The normalized spacial score (nSPS) is 17.9. The number of aliphatic hydroxyl groups excluding tert-OH is 1. The maximum absolute atomic E-state index is 12.8. The highest BCUT2D eigenvalue weighted by molar-refractivity contribution is 6.07. The zero-order valence-electron chi connectivity index (χ0n) is 21.4. The minimum atomic E-state index is -1.34. The topological polar surface area (TPSA) is 115 Å². The van der Waals surface area contributed by atoms with Crippen molar-refractivity contribution in [2.24, 2.45) is 10.9 Å². The molecular formula is C31H33N3O4. The fraction of sp³-hybridized carbons (Fsp3) is 0.323. The second kappa shape index (κ2) is 10.9. The van der Waals surface area contributed by atoms with Crippen molar-refractivity contribution in [2.75, 3.05) is 7.05 Å². The number of amidine groups is 1. The van der Waals surface area contributed by atoms with Gasteiger partial charge in [-0.1, -0.05) is 78.9 Å². The number of carbonyl (C=O) groups is 1. The number of hydrogen-bond acceptors (Lipinski definition) is 6. The highest BCUT2D eigenvalue weighted by atomic mass is 16.6. The number of rotatable bonds is 9. The summed E-state index contributed by atoms with van der Waals surface area (Å²) < 4.78 is 5.82. The van der Waals surface area contributed by atoms with Crippen molar-refractivity contribution >= 4 is 18.1 Å². The van der Waals surface area contributed by atoms with Gasteiger partial charge in [0.25, 0.3) is 0 Å². The molecule has 5 rings (SSSR count). The van der Waals surface area contributed by atoms with E-state index in [0.29, 0.717) is 11.8 Å². The van der Waals surface area contributed by atoms with Crippen LogP contribution in [0.25, 0.3) is 11.1 Å². The largest absolute Gasteiger partial charge is 0.441 e. The lowest BCUT2D eigenvalue weighted by Gasteiger charge is -2.21. The predicted molar refractivity (Wildman–Crippen MR) is 147 cm³/mol. The zero-order chi connectivity index (χ0) is 26.7. The molecule has 2 aliphatic rings. The van der Waals surface area contributed by atoms with Gasteiger partial charge in [-0.2, -0.15) is 0 Å². The van der Waals surface area contributed by atoms with Crippen LogP contribution in [0, 0.1) is 11.3 Å². The first-order chi connectivity index (χ1) is 18.4. The molecule has 3 aromatic rings. The summed E-state index contributed by atoms with van der Waals surface area (Å²) in [6, 6.07) is 25.4. The Labute approximate surface area is 222 Å². The Hall–Kier alpha value is -3.81. The average Bonchev–Trinajstić information content (AvgIpc) is 3.87. The lowest BCUT2D eigenvalue weighted by Crippen LogP contribution is -2.36. The van der Waals surface area contributed by atoms with Crippen LogP contribution in [0.4, 0.5) is 4.79 Å². The van der Waals surface area contributed by atoms with Gasteiger partial charge in [0.15, 0.2) is 6.29 Å². The van der Waals surface area contributed by atoms with Gasteiger partial charge in [-0.3, -0.25) is 10.3 Å². The van der Waals surface area contributed by atoms with E-state index in [-0.39, 0.29) is 6.10 Å². The molecule has 38 heavy (non-hydrogen) atoms. The fourth-order valence-electron chi connectivity index (χ4n) is 5.04. The summed E-state index contributed by atoms with van der Waals surface area (Å²) in [5, 5.41) is 30.3. The van der Waals surface area contributed by atoms with Gasteiger partial charge in [0, 0.05) is 24.6 Å². The molecule has 2 atom stereocenters. The molecule has 7 heteroatoms. The van der Waals surface area contributed by atoms with E-state index in [4.69, 9.17) is 10.1 Å². The molecule has 0 radical (unpaired) electrons. The van der Waals surface area contributed by atoms with Crippen LogP contribution in [0.1, 0.15) is 54.4 Å². The number of nitrogens with one attached hydrogen (secondary N) is 2. The molecule has 0 saturated heterocycles. The van der Waals surface area contributed by atoms with E-state index < -0.39 is 23.7 Å². The highest BCUT2D eigenvalue weighted by Gasteiger charge is 2.50. The Morgan fingerprint density at radius 3 is 2.08 bits per heavy atom. The molecular weight excluding hydrogens is 478 g/mol. The lowest BCUT2D eigenvalue weighted by atomic mass is 9.92. The van der Waals surface area contributed by atoms with Crippen molar-refractivity contribution in [3.8, 4) is 11.1 Å². The number of alkyl carbamates (subject to hydrolysis) is 1. The quantitative estimate of drug-likeness (QED) is 0.176. The molecule has 2 aliphatic carbocycles. The van der Waals surface area contributed by atoms with Gasteiger partial charge in [0.1, 0.15) is 11.9 Å². The fourth-order valence-corrected chi connectivity index (χ4v) is 5.04. The molecule has 2 saturated carbocycles. The molecule has 3 aromatic carbocycles. The number of hydrogen-bond donors (Lipinski definition) is 4. The van der Waals surface area contributed by atoms with Gasteiger partial charge >= 0.3 is 6.09 Å². The Kier molecular flexibility index (Phi) is 7.40. The van der Waals surface area contributed by atoms with Crippen LogP contribution in [-0.2, 0) is 10.2 Å². The number of aliphatic imine (C=N–C) groups is 1. The standard InChI is InChI=1S/C31H33N3O4/c1-33-28(34-30(37)38-27(24-11-12-24)23-5-3-2-4-6-23)26(19-32)22-9-7-20(8-10-22)21-13-15-25(16-14-21)31(17-18-31)29(35)36/h2-10,13-16,19,24,26-27,29,32,35-36H,11-12,17-18H2,1H3,(H,33,34,37). The van der Waals surface area contributed by atoms with Gasteiger partial charge in [-0.15, -0.1) is 0 Å². The number of nitrogens with zero attached hydrogens (tertiary/aromatic N) is 1. The van der Waals surface area contributed by atoms with Crippen LogP contribution in [0.15, 0.2) is 83.9 Å². The van der Waals surface area contributed by atoms with Crippen LogP contribution in [0.2, 0.25) is 0 Å². The van der Waals surface area contributed by atoms with E-state index in [1.54, 1.807) is 7.05 Å². The smallest absolute Gasteiger partial charge is 0.413 e. The van der Waals surface area contributed by atoms with Crippen molar-refractivity contribution in [3.05, 3.63) is 95.6 Å². The summed E-state index contributed by atoms with van der Waals surface area (Å²) in [5.41, 5.74) is 4.22. The van der Waals surface area contributed by atoms with Crippen LogP contribution < -0.4 is 5.32 Å². The molecule has 4 N–H and O–H groups in total. The summed E-state index contributed by atoms with van der Waals surface area (Å²) in [6.45, 7) is 0. The average molecular weight is 512 g/mol. The van der Waals surface area contributed by atoms with Crippen LogP contribution >= 0.6 is 0 Å². The Balaban J connectivity index is 1.26. The van der Waals surface area contributed by atoms with Crippen molar-refractivity contribution in [1.82, 2.24) is 5.32 Å². The van der Waals surface area contributed by atoms with Gasteiger partial charge in [-0.05, 0) is 53.5 Å². The molecule has 0 heterocycles. The Morgan fingerprint density at radius 1 is 0.974 bits per heavy atom. The molecule has 0 aliphatic heterocycles. The third-order valence-electron chi connectivity index (χ3n) is 7.69. The first kappa shape index (κ1) is 25.8. The number of benzene rings is 3. The van der Waals surface area contributed by atoms with E-state index in [1.165, 1.54) is 6.21 Å². The monoisotopic (exact) mass is 511 g/mol. The minimum absolute atomic E-state index is 0.297. The lowest BCUT2D eigenvalue weighted by molar-refractivity contribution is -0.0694. The maximum atomic E-state index is 12.8. The number of aliphatic hydroxyl groups is 2. The summed E-state index contributed by atoms with van der Waals surface area (Å²) in [5.74, 6) is 0.150. The molecule has 1 amide bonds. The Morgan fingerprint density at radius 2 is 1.58 bits per heavy atom. The zero-order valence-corrected chi connectivity index (χ0v) is 21.4. The van der Waals surface area contributed by atoms with Crippen molar-refractivity contribution in [2.45, 2.75) is 49.4 Å². The van der Waals surface area contributed by atoms with E-state index in [1.807, 2.05) is 78.9 Å². The summed E-state index contributed by atoms with van der Waals surface area (Å²) in [7, 11) is 1.59. The van der Waals surface area contributed by atoms with Gasteiger partial charge < -0.3 is 20.4 Å².